The van der Waals surface area contributed by atoms with E-state index < -0.39 is 0 Å². The third kappa shape index (κ3) is 4.84. The summed E-state index contributed by atoms with van der Waals surface area (Å²) >= 11 is 0. The molecule has 0 radical (unpaired) electrons. The van der Waals surface area contributed by atoms with Crippen LogP contribution in [0.5, 0.6) is 0 Å². The van der Waals surface area contributed by atoms with Crippen molar-refractivity contribution in [2.45, 2.75) is 59.0 Å². The predicted molar refractivity (Wildman–Crippen MR) is 71.7 cm³/mol. The molecule has 1 aliphatic heterocycles. The van der Waals surface area contributed by atoms with E-state index in [-0.39, 0.29) is 0 Å². The van der Waals surface area contributed by atoms with Gasteiger partial charge in [0, 0.05) is 18.6 Å². The Labute approximate surface area is 102 Å². The van der Waals surface area contributed by atoms with Crippen molar-refractivity contribution in [3.63, 3.8) is 0 Å². The molecule has 0 bridgehead atoms. The quantitative estimate of drug-likeness (QED) is 0.775. The Bertz CT molecular complexity index is 191. The molecule has 3 atom stereocenters. The molecule has 0 aromatic rings. The van der Waals surface area contributed by atoms with Gasteiger partial charge in [-0.25, -0.2) is 0 Å². The second-order valence-corrected chi connectivity index (χ2v) is 6.17. The smallest absolute Gasteiger partial charge is 0.0119 e. The number of hydrogen-bond donors (Lipinski definition) is 1. The molecular weight excluding hydrogens is 196 g/mol. The maximum absolute atomic E-state index is 3.82. The fourth-order valence-electron chi connectivity index (χ4n) is 2.63. The zero-order valence-electron chi connectivity index (χ0n) is 11.8. The highest BCUT2D eigenvalue weighted by atomic mass is 15.1. The number of hydrogen-bond acceptors (Lipinski definition) is 2. The molecule has 0 aromatic carbocycles. The molecule has 1 saturated heterocycles. The number of piperidine rings is 1. The molecule has 16 heavy (non-hydrogen) atoms. The van der Waals surface area contributed by atoms with Crippen LogP contribution in [0.4, 0.5) is 0 Å². The fourth-order valence-corrected chi connectivity index (χ4v) is 2.63. The summed E-state index contributed by atoms with van der Waals surface area (Å²) in [6.45, 7) is 11.8. The van der Waals surface area contributed by atoms with Crippen LogP contribution in [0, 0.1) is 11.8 Å². The molecule has 96 valence electrons. The Morgan fingerprint density at radius 1 is 1.25 bits per heavy atom. The van der Waals surface area contributed by atoms with Gasteiger partial charge in [-0.05, 0) is 51.6 Å². The zero-order valence-corrected chi connectivity index (χ0v) is 11.8. The highest BCUT2D eigenvalue weighted by Gasteiger charge is 2.24. The first-order valence-electron chi connectivity index (χ1n) is 6.93. The Balaban J connectivity index is 2.25. The van der Waals surface area contributed by atoms with E-state index in [1.807, 2.05) is 0 Å². The van der Waals surface area contributed by atoms with Gasteiger partial charge >= 0.3 is 0 Å². The molecule has 1 aliphatic rings. The van der Waals surface area contributed by atoms with Gasteiger partial charge in [0.05, 0.1) is 0 Å². The topological polar surface area (TPSA) is 15.3 Å². The van der Waals surface area contributed by atoms with E-state index in [9.17, 15) is 0 Å². The maximum Gasteiger partial charge on any atom is 0.0119 e. The number of nitrogens with zero attached hydrogens (tertiary/aromatic N) is 1. The van der Waals surface area contributed by atoms with Crippen LogP contribution in [-0.2, 0) is 0 Å². The molecule has 0 spiro atoms. The molecule has 2 nitrogen and oxygen atoms in total. The summed E-state index contributed by atoms with van der Waals surface area (Å²) < 4.78 is 0. The van der Waals surface area contributed by atoms with E-state index in [0.29, 0.717) is 6.04 Å². The average Bonchev–Trinajstić information content (AvgIpc) is 2.19. The first kappa shape index (κ1) is 14.0. The average molecular weight is 226 g/mol. The summed E-state index contributed by atoms with van der Waals surface area (Å²) in [5.74, 6) is 1.62. The minimum atomic E-state index is 0.679. The second kappa shape index (κ2) is 6.61. The van der Waals surface area contributed by atoms with Gasteiger partial charge in [0.15, 0.2) is 0 Å². The second-order valence-electron chi connectivity index (χ2n) is 6.17. The van der Waals surface area contributed by atoms with Crippen molar-refractivity contribution in [1.82, 2.24) is 10.2 Å². The maximum atomic E-state index is 3.82. The van der Waals surface area contributed by atoms with Crippen LogP contribution in [0.15, 0.2) is 0 Å². The van der Waals surface area contributed by atoms with Crippen LogP contribution in [0.3, 0.4) is 0 Å². The number of nitrogens with one attached hydrogen (secondary N) is 1. The monoisotopic (exact) mass is 226 g/mol. The van der Waals surface area contributed by atoms with Gasteiger partial charge in [0.1, 0.15) is 0 Å². The standard InChI is InChI=1S/C14H30N2/c1-11(2)6-7-13(4)15-14-8-9-16(5)10-12(14)3/h11-15H,6-10H2,1-5H3. The summed E-state index contributed by atoms with van der Waals surface area (Å²) in [6.07, 6.45) is 3.97. The van der Waals surface area contributed by atoms with Crippen molar-refractivity contribution in [2.24, 2.45) is 11.8 Å². The van der Waals surface area contributed by atoms with Crippen LogP contribution in [-0.4, -0.2) is 37.1 Å². The van der Waals surface area contributed by atoms with Crippen molar-refractivity contribution < 1.29 is 0 Å². The van der Waals surface area contributed by atoms with Crippen molar-refractivity contribution >= 4 is 0 Å². The Morgan fingerprint density at radius 3 is 2.50 bits per heavy atom. The van der Waals surface area contributed by atoms with E-state index >= 15 is 0 Å². The molecular formula is C14H30N2. The van der Waals surface area contributed by atoms with Crippen molar-refractivity contribution in [2.75, 3.05) is 20.1 Å². The Morgan fingerprint density at radius 2 is 1.94 bits per heavy atom. The number of likely N-dealkylation sites (tertiary alicyclic amines) is 1. The first-order chi connectivity index (χ1) is 7.49. The van der Waals surface area contributed by atoms with E-state index in [4.69, 9.17) is 0 Å². The van der Waals surface area contributed by atoms with Gasteiger partial charge in [-0.1, -0.05) is 20.8 Å². The van der Waals surface area contributed by atoms with Gasteiger partial charge in [-0.2, -0.15) is 0 Å². The van der Waals surface area contributed by atoms with E-state index in [2.05, 4.69) is 45.0 Å². The fraction of sp³-hybridized carbons (Fsp3) is 1.00. The Kier molecular flexibility index (Phi) is 5.77. The summed E-state index contributed by atoms with van der Waals surface area (Å²) in [5, 5.41) is 3.82. The highest BCUT2D eigenvalue weighted by molar-refractivity contribution is 4.83. The molecule has 0 amide bonds. The minimum Gasteiger partial charge on any atom is -0.311 e. The largest absolute Gasteiger partial charge is 0.311 e. The van der Waals surface area contributed by atoms with E-state index in [1.165, 1.54) is 32.4 Å². The van der Waals surface area contributed by atoms with Crippen LogP contribution < -0.4 is 5.32 Å². The molecule has 1 N–H and O–H groups in total. The normalized spacial score (nSPS) is 29.6. The summed E-state index contributed by atoms with van der Waals surface area (Å²) in [5.41, 5.74) is 0. The molecule has 1 fully saturated rings. The van der Waals surface area contributed by atoms with Crippen LogP contribution in [0.1, 0.15) is 47.0 Å². The zero-order chi connectivity index (χ0) is 12.1. The van der Waals surface area contributed by atoms with Gasteiger partial charge < -0.3 is 10.2 Å². The number of rotatable bonds is 5. The lowest BCUT2D eigenvalue weighted by atomic mass is 9.93. The van der Waals surface area contributed by atoms with Crippen molar-refractivity contribution in [3.05, 3.63) is 0 Å². The van der Waals surface area contributed by atoms with Gasteiger partial charge in [-0.15, -0.1) is 0 Å². The molecule has 0 saturated carbocycles. The lowest BCUT2D eigenvalue weighted by molar-refractivity contribution is 0.165. The molecule has 2 heteroatoms. The Hall–Kier alpha value is -0.0800. The molecule has 1 heterocycles. The lowest BCUT2D eigenvalue weighted by Crippen LogP contribution is -2.49. The van der Waals surface area contributed by atoms with E-state index in [0.717, 1.165) is 17.9 Å². The minimum absolute atomic E-state index is 0.679. The summed E-state index contributed by atoms with van der Waals surface area (Å²) in [7, 11) is 2.23. The third-order valence-corrected chi connectivity index (χ3v) is 3.78. The van der Waals surface area contributed by atoms with Crippen LogP contribution >= 0.6 is 0 Å². The van der Waals surface area contributed by atoms with Crippen molar-refractivity contribution in [1.29, 1.82) is 0 Å². The van der Waals surface area contributed by atoms with Gasteiger partial charge in [0.2, 0.25) is 0 Å². The van der Waals surface area contributed by atoms with Crippen molar-refractivity contribution in [3.8, 4) is 0 Å². The van der Waals surface area contributed by atoms with Crippen LogP contribution in [0.25, 0.3) is 0 Å². The summed E-state index contributed by atoms with van der Waals surface area (Å²) in [6, 6.07) is 1.41. The van der Waals surface area contributed by atoms with E-state index in [1.54, 1.807) is 0 Å². The molecule has 3 unspecified atom stereocenters. The summed E-state index contributed by atoms with van der Waals surface area (Å²) in [4.78, 5) is 2.45. The third-order valence-electron chi connectivity index (χ3n) is 3.78. The predicted octanol–water partition coefficient (Wildman–Crippen LogP) is 2.74. The molecule has 1 rings (SSSR count). The highest BCUT2D eigenvalue weighted by Crippen LogP contribution is 2.17. The van der Waals surface area contributed by atoms with Gasteiger partial charge in [0.25, 0.3) is 0 Å². The van der Waals surface area contributed by atoms with Gasteiger partial charge in [-0.3, -0.25) is 0 Å². The first-order valence-corrected chi connectivity index (χ1v) is 6.93. The molecule has 0 aliphatic carbocycles. The van der Waals surface area contributed by atoms with Crippen LogP contribution in [0.2, 0.25) is 0 Å². The molecule has 0 aromatic heterocycles. The lowest BCUT2D eigenvalue weighted by Gasteiger charge is -2.37. The SMILES string of the molecule is CC(C)CCC(C)NC1CCN(C)CC1C.